The van der Waals surface area contributed by atoms with Gasteiger partial charge in [-0.05, 0) is 147 Å². The maximum absolute atomic E-state index is 2.48. The molecule has 0 spiro atoms. The minimum atomic E-state index is -0.537. The van der Waals surface area contributed by atoms with Crippen LogP contribution < -0.4 is 0 Å². The van der Waals surface area contributed by atoms with E-state index in [4.69, 9.17) is 0 Å². The van der Waals surface area contributed by atoms with Crippen LogP contribution >= 0.6 is 0 Å². The molecule has 0 saturated heterocycles. The zero-order valence-corrected chi connectivity index (χ0v) is 33.6. The summed E-state index contributed by atoms with van der Waals surface area (Å²) in [7, 11) is 0. The molecule has 0 unspecified atom stereocenters. The molecule has 0 N–H and O–H groups in total. The first-order chi connectivity index (χ1) is 30.2. The van der Waals surface area contributed by atoms with Crippen LogP contribution in [0.25, 0.3) is 88.0 Å². The van der Waals surface area contributed by atoms with Gasteiger partial charge in [-0.15, -0.1) is 0 Å². The van der Waals surface area contributed by atoms with E-state index in [1.54, 1.807) is 0 Å². The molecule has 1 aliphatic carbocycles. The molecule has 284 valence electrons. The Morgan fingerprint density at radius 2 is 0.574 bits per heavy atom. The summed E-state index contributed by atoms with van der Waals surface area (Å²) in [4.78, 5) is 0. The third-order valence-electron chi connectivity index (χ3n) is 13.1. The highest BCUT2D eigenvalue weighted by molar-refractivity contribution is 6.03. The van der Waals surface area contributed by atoms with E-state index < -0.39 is 5.41 Å². The first-order valence-electron chi connectivity index (χ1n) is 21.2. The Hall–Kier alpha value is -7.80. The molecule has 0 amide bonds. The van der Waals surface area contributed by atoms with E-state index in [1.807, 2.05) is 0 Å². The van der Waals surface area contributed by atoms with Gasteiger partial charge in [-0.1, -0.05) is 206 Å². The van der Waals surface area contributed by atoms with Gasteiger partial charge in [-0.3, -0.25) is 0 Å². The maximum Gasteiger partial charge on any atom is 0.0719 e. The van der Waals surface area contributed by atoms with Crippen molar-refractivity contribution in [1.82, 2.24) is 0 Å². The Morgan fingerprint density at radius 3 is 1.05 bits per heavy atom. The Labute approximate surface area is 356 Å². The second-order valence-corrected chi connectivity index (χ2v) is 16.5. The molecule has 61 heavy (non-hydrogen) atoms. The molecule has 12 rings (SSSR count). The van der Waals surface area contributed by atoms with Gasteiger partial charge in [0.1, 0.15) is 0 Å². The van der Waals surface area contributed by atoms with E-state index >= 15 is 0 Å². The van der Waals surface area contributed by atoms with Crippen LogP contribution in [0, 0.1) is 0 Å². The highest BCUT2D eigenvalue weighted by atomic mass is 14.5. The third kappa shape index (κ3) is 5.75. The predicted octanol–water partition coefficient (Wildman–Crippen LogP) is 16.2. The molecular weight excluding hydrogens is 733 g/mol. The lowest BCUT2D eigenvalue weighted by Gasteiger charge is -2.35. The predicted molar refractivity (Wildman–Crippen MR) is 258 cm³/mol. The normalized spacial score (nSPS) is 12.7. The molecule has 0 saturated carbocycles. The van der Waals surface area contributed by atoms with Crippen LogP contribution in [0.3, 0.4) is 0 Å². The fourth-order valence-electron chi connectivity index (χ4n) is 10.2. The molecule has 0 heteroatoms. The molecule has 0 atom stereocenters. The molecule has 0 heterocycles. The fraction of sp³-hybridized carbons (Fsp3) is 0.0164. The monoisotopic (exact) mass is 772 g/mol. The number of benzene rings is 11. The number of rotatable bonds is 6. The van der Waals surface area contributed by atoms with Gasteiger partial charge in [0, 0.05) is 0 Å². The van der Waals surface area contributed by atoms with Crippen LogP contribution in [-0.2, 0) is 5.41 Å². The largest absolute Gasteiger partial charge is 0.0719 e. The summed E-state index contributed by atoms with van der Waals surface area (Å²) in [5, 5.41) is 7.49. The van der Waals surface area contributed by atoms with Crippen molar-refractivity contribution in [2.45, 2.75) is 5.41 Å². The van der Waals surface area contributed by atoms with Crippen molar-refractivity contribution in [2.24, 2.45) is 0 Å². The van der Waals surface area contributed by atoms with Gasteiger partial charge in [-0.25, -0.2) is 0 Å². The van der Waals surface area contributed by atoms with Crippen molar-refractivity contribution in [2.75, 3.05) is 0 Å². The molecule has 0 aromatic heterocycles. The lowest BCUT2D eigenvalue weighted by molar-refractivity contribution is 0.776. The minimum Gasteiger partial charge on any atom is -0.0622 e. The highest BCUT2D eigenvalue weighted by Gasteiger charge is 2.47. The molecular formula is C61H40. The Bertz CT molecular complexity index is 3400. The standard InChI is InChI=1S/C61H40/c1-5-13-41(14-6-1)43-21-23-47-37-49(26-25-45(47)35-43)51-29-32-56-53(39-51)31-34-58-57-33-30-52(50-28-27-46-36-44(22-24-48(46)38-50)42-15-7-2-8-16-42)40-59(57)61(60(56)58,54-17-9-3-10-18-54)55-19-11-4-12-20-55/h1-40H. The summed E-state index contributed by atoms with van der Waals surface area (Å²) in [6, 6.07) is 90.0. The van der Waals surface area contributed by atoms with Gasteiger partial charge in [0.25, 0.3) is 0 Å². The first kappa shape index (κ1) is 35.2. The van der Waals surface area contributed by atoms with Crippen LogP contribution in [0.5, 0.6) is 0 Å². The molecule has 11 aromatic rings. The van der Waals surface area contributed by atoms with Crippen LogP contribution in [0.1, 0.15) is 22.3 Å². The summed E-state index contributed by atoms with van der Waals surface area (Å²) in [5.41, 5.74) is 17.1. The van der Waals surface area contributed by atoms with Crippen LogP contribution in [0.15, 0.2) is 243 Å². The molecule has 0 aliphatic heterocycles. The molecule has 0 bridgehead atoms. The zero-order valence-electron chi connectivity index (χ0n) is 33.6. The van der Waals surface area contributed by atoms with Crippen molar-refractivity contribution in [3.63, 3.8) is 0 Å². The SMILES string of the molecule is c1ccc(-c2ccc3cc(-c4ccc5c(c4)C(c4ccccc4)(c4ccccc4)c4c-5ccc5cc(-c6ccc7cc(-c8ccccc8)ccc7c6)ccc45)ccc3c2)cc1. The van der Waals surface area contributed by atoms with Crippen molar-refractivity contribution < 1.29 is 0 Å². The fourth-order valence-corrected chi connectivity index (χ4v) is 10.2. The molecule has 0 nitrogen and oxygen atoms in total. The van der Waals surface area contributed by atoms with E-state index in [0.29, 0.717) is 0 Å². The Balaban J connectivity index is 1.01. The van der Waals surface area contributed by atoms with E-state index in [9.17, 15) is 0 Å². The zero-order chi connectivity index (χ0) is 40.3. The van der Waals surface area contributed by atoms with Gasteiger partial charge >= 0.3 is 0 Å². The summed E-state index contributed by atoms with van der Waals surface area (Å²) in [6.07, 6.45) is 0. The quantitative estimate of drug-likeness (QED) is 0.158. The van der Waals surface area contributed by atoms with Crippen LogP contribution in [0.4, 0.5) is 0 Å². The smallest absolute Gasteiger partial charge is 0.0622 e. The second kappa shape index (κ2) is 14.2. The van der Waals surface area contributed by atoms with Gasteiger partial charge in [0.2, 0.25) is 0 Å². The van der Waals surface area contributed by atoms with Crippen LogP contribution in [-0.4, -0.2) is 0 Å². The van der Waals surface area contributed by atoms with Crippen molar-refractivity contribution >= 4 is 32.3 Å². The Morgan fingerprint density at radius 1 is 0.230 bits per heavy atom. The van der Waals surface area contributed by atoms with Gasteiger partial charge < -0.3 is 0 Å². The number of hydrogen-bond acceptors (Lipinski definition) is 0. The molecule has 0 fully saturated rings. The first-order valence-corrected chi connectivity index (χ1v) is 21.2. The maximum atomic E-state index is 2.48. The summed E-state index contributed by atoms with van der Waals surface area (Å²) >= 11 is 0. The van der Waals surface area contributed by atoms with Crippen molar-refractivity contribution in [3.8, 4) is 55.6 Å². The van der Waals surface area contributed by atoms with Crippen LogP contribution in [0.2, 0.25) is 0 Å². The average Bonchev–Trinajstić information content (AvgIpc) is 3.65. The third-order valence-corrected chi connectivity index (χ3v) is 13.1. The van der Waals surface area contributed by atoms with E-state index in [1.165, 1.54) is 110 Å². The summed E-state index contributed by atoms with van der Waals surface area (Å²) < 4.78 is 0. The number of hydrogen-bond donors (Lipinski definition) is 0. The highest BCUT2D eigenvalue weighted by Crippen LogP contribution is 2.59. The van der Waals surface area contributed by atoms with Crippen molar-refractivity contribution in [1.29, 1.82) is 0 Å². The van der Waals surface area contributed by atoms with E-state index in [2.05, 4.69) is 243 Å². The minimum absolute atomic E-state index is 0.537. The summed E-state index contributed by atoms with van der Waals surface area (Å²) in [6.45, 7) is 0. The molecule has 1 aliphatic rings. The molecule has 0 radical (unpaired) electrons. The lowest BCUT2D eigenvalue weighted by atomic mass is 9.66. The van der Waals surface area contributed by atoms with Crippen molar-refractivity contribution in [3.05, 3.63) is 265 Å². The van der Waals surface area contributed by atoms with E-state index in [0.717, 1.165) is 0 Å². The number of fused-ring (bicyclic) bond motifs is 7. The van der Waals surface area contributed by atoms with E-state index in [-0.39, 0.29) is 0 Å². The molecule has 11 aromatic carbocycles. The topological polar surface area (TPSA) is 0 Å². The lowest BCUT2D eigenvalue weighted by Crippen LogP contribution is -2.28. The second-order valence-electron chi connectivity index (χ2n) is 16.5. The summed E-state index contributed by atoms with van der Waals surface area (Å²) in [5.74, 6) is 0. The average molecular weight is 773 g/mol. The van der Waals surface area contributed by atoms with Gasteiger partial charge in [0.15, 0.2) is 0 Å². The Kier molecular flexibility index (Phi) is 8.18. The van der Waals surface area contributed by atoms with Gasteiger partial charge in [0.05, 0.1) is 5.41 Å². The van der Waals surface area contributed by atoms with Gasteiger partial charge in [-0.2, -0.15) is 0 Å².